The van der Waals surface area contributed by atoms with Gasteiger partial charge in [-0.1, -0.05) is 0 Å². The first-order valence-electron chi connectivity index (χ1n) is 5.57. The Morgan fingerprint density at radius 1 is 1.43 bits per heavy atom. The van der Waals surface area contributed by atoms with Crippen molar-refractivity contribution in [3.8, 4) is 0 Å². The lowest BCUT2D eigenvalue weighted by atomic mass is 10.2. The van der Waals surface area contributed by atoms with Gasteiger partial charge in [-0.05, 0) is 13.0 Å². The highest BCUT2D eigenvalue weighted by molar-refractivity contribution is 7.89. The molecule has 0 spiro atoms. The summed E-state index contributed by atoms with van der Waals surface area (Å²) in [5, 5.41) is 10.5. The van der Waals surface area contributed by atoms with Crippen molar-refractivity contribution < 1.29 is 26.5 Å². The highest BCUT2D eigenvalue weighted by Gasteiger charge is 2.39. The van der Waals surface area contributed by atoms with Crippen molar-refractivity contribution in [2.75, 3.05) is 6.54 Å². The molecule has 3 N–H and O–H groups in total. The molecule has 0 amide bonds. The first-order valence-corrected chi connectivity index (χ1v) is 7.05. The summed E-state index contributed by atoms with van der Waals surface area (Å²) < 4.78 is 64.5. The third-order valence-electron chi connectivity index (χ3n) is 2.48. The van der Waals surface area contributed by atoms with Crippen molar-refractivity contribution in [1.82, 2.24) is 4.72 Å². The molecule has 1 rings (SSSR count). The van der Waals surface area contributed by atoms with Crippen LogP contribution in [0.3, 0.4) is 0 Å². The Hall–Kier alpha value is -1.72. The minimum Gasteiger partial charge on any atom is -0.329 e. The van der Waals surface area contributed by atoms with Gasteiger partial charge in [0.1, 0.15) is 0 Å². The molecule has 21 heavy (non-hydrogen) atoms. The number of sulfonamides is 1. The molecule has 0 aliphatic heterocycles. The van der Waals surface area contributed by atoms with Crippen molar-refractivity contribution in [3.05, 3.63) is 33.9 Å². The topological polar surface area (TPSA) is 115 Å². The average Bonchev–Trinajstić information content (AvgIpc) is 2.36. The number of nitro benzene ring substituents is 1. The van der Waals surface area contributed by atoms with Crippen LogP contribution in [-0.4, -0.2) is 25.9 Å². The third-order valence-corrected chi connectivity index (χ3v) is 4.13. The van der Waals surface area contributed by atoms with Gasteiger partial charge in [-0.25, -0.2) is 13.1 Å². The van der Waals surface area contributed by atoms with Crippen molar-refractivity contribution in [2.45, 2.75) is 24.0 Å². The Morgan fingerprint density at radius 2 is 2.00 bits per heavy atom. The van der Waals surface area contributed by atoms with E-state index in [-0.39, 0.29) is 12.6 Å². The Morgan fingerprint density at radius 3 is 2.43 bits per heavy atom. The zero-order chi connectivity index (χ0) is 16.4. The number of rotatable bonds is 5. The molecule has 0 fully saturated rings. The van der Waals surface area contributed by atoms with E-state index in [4.69, 9.17) is 5.73 Å². The summed E-state index contributed by atoms with van der Waals surface area (Å²) in [7, 11) is -4.50. The average molecular weight is 327 g/mol. The Balaban J connectivity index is 3.46. The maximum Gasteiger partial charge on any atom is 0.417 e. The minimum absolute atomic E-state index is 0.117. The molecule has 0 bridgehead atoms. The number of alkyl halides is 3. The molecule has 1 atom stereocenters. The fraction of sp³-hybridized carbons (Fsp3) is 0.400. The van der Waals surface area contributed by atoms with E-state index in [1.807, 2.05) is 4.72 Å². The quantitative estimate of drug-likeness (QED) is 0.623. The van der Waals surface area contributed by atoms with Crippen LogP contribution in [0.1, 0.15) is 12.5 Å². The molecule has 7 nitrogen and oxygen atoms in total. The molecular weight excluding hydrogens is 315 g/mol. The van der Waals surface area contributed by atoms with Gasteiger partial charge < -0.3 is 5.73 Å². The molecular formula is C10H12F3N3O4S. The number of nitrogens with one attached hydrogen (secondary N) is 1. The van der Waals surface area contributed by atoms with Gasteiger partial charge in [0.15, 0.2) is 0 Å². The number of hydrogen-bond acceptors (Lipinski definition) is 5. The van der Waals surface area contributed by atoms with E-state index in [1.54, 1.807) is 0 Å². The van der Waals surface area contributed by atoms with Crippen LogP contribution in [0.2, 0.25) is 0 Å². The molecule has 0 unspecified atom stereocenters. The number of hydrogen-bond donors (Lipinski definition) is 2. The second-order valence-corrected chi connectivity index (χ2v) is 5.88. The molecule has 1 aromatic rings. The second-order valence-electron chi connectivity index (χ2n) is 4.19. The van der Waals surface area contributed by atoms with Gasteiger partial charge in [-0.2, -0.15) is 13.2 Å². The molecule has 0 radical (unpaired) electrons. The summed E-state index contributed by atoms with van der Waals surface area (Å²) in [4.78, 5) is 8.40. The zero-order valence-corrected chi connectivity index (χ0v) is 11.5. The molecule has 0 saturated carbocycles. The number of nitro groups is 1. The van der Waals surface area contributed by atoms with Crippen molar-refractivity contribution in [2.24, 2.45) is 5.73 Å². The van der Waals surface area contributed by atoms with Crippen molar-refractivity contribution in [3.63, 3.8) is 0 Å². The first-order chi connectivity index (χ1) is 9.49. The summed E-state index contributed by atoms with van der Waals surface area (Å²) in [6.07, 6.45) is -5.05. The van der Waals surface area contributed by atoms with Crippen LogP contribution < -0.4 is 10.5 Å². The highest BCUT2D eigenvalue weighted by atomic mass is 32.2. The van der Waals surface area contributed by atoms with Crippen LogP contribution in [0.25, 0.3) is 0 Å². The van der Waals surface area contributed by atoms with Gasteiger partial charge in [-0.15, -0.1) is 0 Å². The van der Waals surface area contributed by atoms with Crippen LogP contribution >= 0.6 is 0 Å². The predicted octanol–water partition coefficient (Wildman–Crippen LogP) is 1.24. The molecule has 118 valence electrons. The highest BCUT2D eigenvalue weighted by Crippen LogP contribution is 2.36. The zero-order valence-electron chi connectivity index (χ0n) is 10.7. The minimum atomic E-state index is -5.05. The standard InChI is InChI=1S/C10H12F3N3O4S/c1-6(5-14)15-21(19,20)9-3-2-7(16(17)18)4-8(9)10(11,12)13/h2-4,6,15H,5,14H2,1H3/t6-/m0/s1. The number of nitrogens with zero attached hydrogens (tertiary/aromatic N) is 1. The monoisotopic (exact) mass is 327 g/mol. The van der Waals surface area contributed by atoms with Crippen molar-refractivity contribution >= 4 is 15.7 Å². The van der Waals surface area contributed by atoms with E-state index in [0.717, 1.165) is 0 Å². The van der Waals surface area contributed by atoms with Crippen LogP contribution in [0.5, 0.6) is 0 Å². The van der Waals surface area contributed by atoms with E-state index < -0.39 is 43.3 Å². The van der Waals surface area contributed by atoms with Crippen LogP contribution in [0, 0.1) is 10.1 Å². The van der Waals surface area contributed by atoms with Gasteiger partial charge in [0.05, 0.1) is 15.4 Å². The van der Waals surface area contributed by atoms with Gasteiger partial charge in [0, 0.05) is 24.7 Å². The second kappa shape index (κ2) is 5.95. The SMILES string of the molecule is C[C@@H](CN)NS(=O)(=O)c1ccc([N+](=O)[O-])cc1C(F)(F)F. The summed E-state index contributed by atoms with van der Waals surface area (Å²) in [6.45, 7) is 1.25. The lowest BCUT2D eigenvalue weighted by Gasteiger charge is -2.16. The van der Waals surface area contributed by atoms with Gasteiger partial charge in [0.2, 0.25) is 10.0 Å². The van der Waals surface area contributed by atoms with Gasteiger partial charge >= 0.3 is 6.18 Å². The largest absolute Gasteiger partial charge is 0.417 e. The van der Waals surface area contributed by atoms with E-state index in [0.29, 0.717) is 12.1 Å². The van der Waals surface area contributed by atoms with E-state index in [2.05, 4.69) is 0 Å². The third kappa shape index (κ3) is 4.12. The van der Waals surface area contributed by atoms with E-state index in [9.17, 15) is 31.7 Å². The fourth-order valence-electron chi connectivity index (χ4n) is 1.46. The lowest BCUT2D eigenvalue weighted by Crippen LogP contribution is -2.38. The summed E-state index contributed by atoms with van der Waals surface area (Å²) in [5.74, 6) is 0. The Labute approximate surface area is 118 Å². The van der Waals surface area contributed by atoms with E-state index >= 15 is 0 Å². The fourth-order valence-corrected chi connectivity index (χ4v) is 2.93. The van der Waals surface area contributed by atoms with E-state index in [1.165, 1.54) is 6.92 Å². The number of nitrogens with two attached hydrogens (primary N) is 1. The molecule has 0 heterocycles. The maximum absolute atomic E-state index is 12.9. The van der Waals surface area contributed by atoms with Crippen LogP contribution in [-0.2, 0) is 16.2 Å². The lowest BCUT2D eigenvalue weighted by molar-refractivity contribution is -0.385. The number of benzene rings is 1. The van der Waals surface area contributed by atoms with Crippen LogP contribution in [0.4, 0.5) is 18.9 Å². The summed E-state index contributed by atoms with van der Waals surface area (Å²) in [5.41, 5.74) is 2.75. The molecule has 11 heteroatoms. The Kier molecular flexibility index (Phi) is 4.91. The molecule has 1 aromatic carbocycles. The molecule has 0 saturated heterocycles. The van der Waals surface area contributed by atoms with Gasteiger partial charge in [0.25, 0.3) is 5.69 Å². The summed E-state index contributed by atoms with van der Waals surface area (Å²) >= 11 is 0. The van der Waals surface area contributed by atoms with Crippen LogP contribution in [0.15, 0.2) is 23.1 Å². The molecule has 0 aliphatic carbocycles. The first kappa shape index (κ1) is 17.3. The maximum atomic E-state index is 12.9. The Bertz CT molecular complexity index is 645. The smallest absolute Gasteiger partial charge is 0.329 e. The predicted molar refractivity (Wildman–Crippen MR) is 66.9 cm³/mol. The normalized spacial score (nSPS) is 14.0. The number of halogens is 3. The van der Waals surface area contributed by atoms with Gasteiger partial charge in [-0.3, -0.25) is 10.1 Å². The summed E-state index contributed by atoms with van der Waals surface area (Å²) in [6, 6.07) is 0.636. The molecule has 0 aromatic heterocycles. The number of non-ortho nitro benzene ring substituents is 1. The van der Waals surface area contributed by atoms with Crippen molar-refractivity contribution in [1.29, 1.82) is 0 Å². The molecule has 0 aliphatic rings.